The van der Waals surface area contributed by atoms with Crippen LogP contribution in [0.15, 0.2) is 12.2 Å². The maximum absolute atomic E-state index is 12.5. The van der Waals surface area contributed by atoms with Gasteiger partial charge in [0, 0.05) is 13.0 Å². The molecule has 0 saturated carbocycles. The number of phosphoric acid groups is 1. The fourth-order valence-corrected chi connectivity index (χ4v) is 5.67. The van der Waals surface area contributed by atoms with Gasteiger partial charge in [0.15, 0.2) is 0 Å². The first-order valence-corrected chi connectivity index (χ1v) is 19.7. The number of hydrogen-bond donors (Lipinski definition) is 3. The molecule has 0 saturated heterocycles. The second-order valence-corrected chi connectivity index (χ2v) is 13.7. The lowest BCUT2D eigenvalue weighted by Crippen LogP contribution is -2.29. The van der Waals surface area contributed by atoms with Crippen molar-refractivity contribution in [2.45, 2.75) is 174 Å². The summed E-state index contributed by atoms with van der Waals surface area (Å²) in [5.41, 5.74) is 0. The van der Waals surface area contributed by atoms with Crippen molar-refractivity contribution in [3.63, 3.8) is 0 Å². The molecule has 0 amide bonds. The SMILES string of the molecule is CCCCC/C=C\CCCCCCCCOCC(COP(=O)(O)OCC(O)CO)OC(=O)CCCCCCCCCCCCC. The molecule has 0 aromatic heterocycles. The van der Waals surface area contributed by atoms with E-state index in [4.69, 9.17) is 23.6 Å². The number of hydrogen-bond acceptors (Lipinski definition) is 8. The molecule has 3 unspecified atom stereocenters. The highest BCUT2D eigenvalue weighted by molar-refractivity contribution is 7.47. The van der Waals surface area contributed by atoms with Crippen molar-refractivity contribution >= 4 is 13.8 Å². The predicted molar refractivity (Wildman–Crippen MR) is 182 cm³/mol. The van der Waals surface area contributed by atoms with Crippen LogP contribution in [-0.4, -0.2) is 66.3 Å². The zero-order chi connectivity index (χ0) is 33.3. The number of carbonyl (C=O) groups is 1. The van der Waals surface area contributed by atoms with Gasteiger partial charge in [0.1, 0.15) is 12.2 Å². The van der Waals surface area contributed by atoms with E-state index in [1.165, 1.54) is 96.3 Å². The Morgan fingerprint density at radius 3 is 1.71 bits per heavy atom. The largest absolute Gasteiger partial charge is 0.472 e. The van der Waals surface area contributed by atoms with Gasteiger partial charge in [-0.1, -0.05) is 129 Å². The van der Waals surface area contributed by atoms with E-state index in [1.54, 1.807) is 0 Å². The normalized spacial score (nSPS) is 14.5. The summed E-state index contributed by atoms with van der Waals surface area (Å²) in [7, 11) is -4.50. The number of unbranched alkanes of at least 4 members (excludes halogenated alkanes) is 19. The van der Waals surface area contributed by atoms with Gasteiger partial charge in [-0.25, -0.2) is 4.57 Å². The molecule has 9 nitrogen and oxygen atoms in total. The number of carbonyl (C=O) groups excluding carboxylic acids is 1. The third-order valence-corrected chi connectivity index (χ3v) is 8.65. The second-order valence-electron chi connectivity index (χ2n) is 12.2. The zero-order valence-corrected chi connectivity index (χ0v) is 29.7. The Hall–Kier alpha value is -0.800. The Kier molecular flexibility index (Phi) is 32.5. The summed E-state index contributed by atoms with van der Waals surface area (Å²) >= 11 is 0. The molecule has 3 atom stereocenters. The van der Waals surface area contributed by atoms with Crippen LogP contribution in [0.4, 0.5) is 0 Å². The molecule has 0 spiro atoms. The minimum atomic E-state index is -4.50. The lowest BCUT2D eigenvalue weighted by molar-refractivity contribution is -0.154. The number of allylic oxidation sites excluding steroid dienone is 2. The molecule has 0 fully saturated rings. The van der Waals surface area contributed by atoms with Gasteiger partial charge in [-0.05, 0) is 38.5 Å². The molecule has 10 heteroatoms. The van der Waals surface area contributed by atoms with Crippen molar-refractivity contribution < 1.29 is 43.0 Å². The molecule has 3 N–H and O–H groups in total. The first-order chi connectivity index (χ1) is 21.8. The quantitative estimate of drug-likeness (QED) is 0.0263. The van der Waals surface area contributed by atoms with Gasteiger partial charge in [-0.2, -0.15) is 0 Å². The Morgan fingerprint density at radius 2 is 1.13 bits per heavy atom. The maximum Gasteiger partial charge on any atom is 0.472 e. The van der Waals surface area contributed by atoms with E-state index in [9.17, 15) is 19.4 Å². The smallest absolute Gasteiger partial charge is 0.457 e. The summed E-state index contributed by atoms with van der Waals surface area (Å²) in [6, 6.07) is 0. The van der Waals surface area contributed by atoms with E-state index in [-0.39, 0.29) is 25.6 Å². The van der Waals surface area contributed by atoms with Gasteiger partial charge in [0.2, 0.25) is 0 Å². The highest BCUT2D eigenvalue weighted by Crippen LogP contribution is 2.43. The summed E-state index contributed by atoms with van der Waals surface area (Å²) in [6.45, 7) is 3.47. The molecule has 0 rings (SSSR count). The van der Waals surface area contributed by atoms with Gasteiger partial charge < -0.3 is 24.6 Å². The van der Waals surface area contributed by atoms with Crippen molar-refractivity contribution in [3.05, 3.63) is 12.2 Å². The van der Waals surface area contributed by atoms with E-state index in [2.05, 4.69) is 26.0 Å². The molecule has 0 radical (unpaired) electrons. The van der Waals surface area contributed by atoms with Crippen LogP contribution in [-0.2, 0) is 27.9 Å². The molecule has 0 heterocycles. The number of ether oxygens (including phenoxy) is 2. The standard InChI is InChI=1S/C35H69O9P/c1-3-5-7-9-11-13-15-16-18-20-22-24-26-28-41-31-34(32-43-45(39,40)42-30-33(37)29-36)44-35(38)27-25-23-21-19-17-14-12-10-8-6-4-2/h11,13,33-34,36-37H,3-10,12,14-32H2,1-2H3,(H,39,40)/b13-11-. The molecular weight excluding hydrogens is 595 g/mol. The zero-order valence-electron chi connectivity index (χ0n) is 28.8. The van der Waals surface area contributed by atoms with Crippen molar-refractivity contribution in [2.24, 2.45) is 0 Å². The second kappa shape index (κ2) is 33.1. The third-order valence-electron chi connectivity index (χ3n) is 7.70. The lowest BCUT2D eigenvalue weighted by Gasteiger charge is -2.20. The fraction of sp³-hybridized carbons (Fsp3) is 0.914. The Balaban J connectivity index is 4.25. The highest BCUT2D eigenvalue weighted by Gasteiger charge is 2.26. The van der Waals surface area contributed by atoms with Gasteiger partial charge in [-0.15, -0.1) is 0 Å². The summed E-state index contributed by atoms with van der Waals surface area (Å²) < 4.78 is 33.1. The number of rotatable bonds is 35. The molecular formula is C35H69O9P. The van der Waals surface area contributed by atoms with Crippen LogP contribution in [0.25, 0.3) is 0 Å². The highest BCUT2D eigenvalue weighted by atomic mass is 31.2. The van der Waals surface area contributed by atoms with Gasteiger partial charge in [0.25, 0.3) is 0 Å². The van der Waals surface area contributed by atoms with Crippen LogP contribution < -0.4 is 0 Å². The van der Waals surface area contributed by atoms with Gasteiger partial charge in [0.05, 0.1) is 26.4 Å². The monoisotopic (exact) mass is 664 g/mol. The van der Waals surface area contributed by atoms with Crippen LogP contribution in [0, 0.1) is 0 Å². The minimum Gasteiger partial charge on any atom is -0.457 e. The first kappa shape index (κ1) is 44.2. The first-order valence-electron chi connectivity index (χ1n) is 18.2. The minimum absolute atomic E-state index is 0.0495. The Labute approximate surface area is 275 Å². The Bertz CT molecular complexity index is 719. The van der Waals surface area contributed by atoms with Gasteiger partial charge >= 0.3 is 13.8 Å². The van der Waals surface area contributed by atoms with Crippen molar-refractivity contribution in [3.8, 4) is 0 Å². The van der Waals surface area contributed by atoms with Gasteiger partial charge in [-0.3, -0.25) is 13.8 Å². The Morgan fingerprint density at radius 1 is 0.667 bits per heavy atom. The van der Waals surface area contributed by atoms with Crippen LogP contribution >= 0.6 is 7.82 Å². The number of aliphatic hydroxyl groups is 2. The van der Waals surface area contributed by atoms with Crippen LogP contribution in [0.1, 0.15) is 162 Å². The number of phosphoric ester groups is 1. The molecule has 0 aliphatic rings. The van der Waals surface area contributed by atoms with Crippen LogP contribution in [0.3, 0.4) is 0 Å². The molecule has 0 aliphatic carbocycles. The van der Waals surface area contributed by atoms with E-state index in [0.29, 0.717) is 6.61 Å². The third kappa shape index (κ3) is 32.9. The maximum atomic E-state index is 12.5. The topological polar surface area (TPSA) is 132 Å². The summed E-state index contributed by atoms with van der Waals surface area (Å²) in [6.07, 6.45) is 28.8. The van der Waals surface area contributed by atoms with Crippen LogP contribution in [0.5, 0.6) is 0 Å². The molecule has 0 aliphatic heterocycles. The summed E-state index contributed by atoms with van der Waals surface area (Å²) in [5.74, 6) is -0.386. The van der Waals surface area contributed by atoms with E-state index < -0.39 is 33.2 Å². The predicted octanol–water partition coefficient (Wildman–Crippen LogP) is 8.97. The van der Waals surface area contributed by atoms with E-state index >= 15 is 0 Å². The summed E-state index contributed by atoms with van der Waals surface area (Å²) in [5, 5.41) is 18.2. The molecule has 0 aromatic carbocycles. The fourth-order valence-electron chi connectivity index (χ4n) is 4.88. The van der Waals surface area contributed by atoms with Crippen molar-refractivity contribution in [1.29, 1.82) is 0 Å². The average molecular weight is 665 g/mol. The van der Waals surface area contributed by atoms with Crippen molar-refractivity contribution in [1.82, 2.24) is 0 Å². The van der Waals surface area contributed by atoms with Crippen molar-refractivity contribution in [2.75, 3.05) is 33.0 Å². The van der Waals surface area contributed by atoms with E-state index in [0.717, 1.165) is 44.9 Å². The lowest BCUT2D eigenvalue weighted by atomic mass is 10.1. The summed E-state index contributed by atoms with van der Waals surface area (Å²) in [4.78, 5) is 22.4. The van der Waals surface area contributed by atoms with Crippen LogP contribution in [0.2, 0.25) is 0 Å². The number of esters is 1. The molecule has 0 bridgehead atoms. The number of aliphatic hydroxyl groups excluding tert-OH is 2. The molecule has 45 heavy (non-hydrogen) atoms. The molecule has 268 valence electrons. The van der Waals surface area contributed by atoms with E-state index in [1.807, 2.05) is 0 Å². The average Bonchev–Trinajstić information content (AvgIpc) is 3.03. The molecule has 0 aromatic rings.